The Morgan fingerprint density at radius 2 is 1.96 bits per heavy atom. The second-order valence-corrected chi connectivity index (χ2v) is 6.15. The van der Waals surface area contributed by atoms with Gasteiger partial charge in [-0.3, -0.25) is 9.78 Å². The molecule has 0 saturated heterocycles. The van der Waals surface area contributed by atoms with Crippen LogP contribution in [0, 0.1) is 0 Å². The largest absolute Gasteiger partial charge is 0.322 e. The minimum atomic E-state index is -0.249. The Labute approximate surface area is 162 Å². The number of hydrogen-bond donors (Lipinski definition) is 1. The first-order chi connectivity index (χ1) is 13.1. The van der Waals surface area contributed by atoms with Gasteiger partial charge in [0, 0.05) is 16.8 Å². The van der Waals surface area contributed by atoms with Crippen molar-refractivity contribution < 1.29 is 4.79 Å². The Hall–Kier alpha value is -3.24. The smallest absolute Gasteiger partial charge is 0.255 e. The van der Waals surface area contributed by atoms with Crippen molar-refractivity contribution in [3.63, 3.8) is 0 Å². The Morgan fingerprint density at radius 3 is 2.70 bits per heavy atom. The van der Waals surface area contributed by atoms with E-state index in [1.807, 2.05) is 37.3 Å². The predicted octanol–water partition coefficient (Wildman–Crippen LogP) is 5.58. The third-order valence-corrected chi connectivity index (χ3v) is 4.23. The lowest BCUT2D eigenvalue weighted by Gasteiger charge is -2.10. The quantitative estimate of drug-likeness (QED) is 0.468. The van der Waals surface area contributed by atoms with E-state index >= 15 is 0 Å². The van der Waals surface area contributed by atoms with Gasteiger partial charge < -0.3 is 5.32 Å². The first-order valence-corrected chi connectivity index (χ1v) is 8.78. The molecule has 0 bridgehead atoms. The number of halogens is 1. The number of rotatable bonds is 5. The topological polar surface area (TPSA) is 54.9 Å². The van der Waals surface area contributed by atoms with E-state index in [4.69, 9.17) is 11.6 Å². The van der Waals surface area contributed by atoms with Gasteiger partial charge in [-0.2, -0.15) is 0 Å². The van der Waals surface area contributed by atoms with E-state index in [2.05, 4.69) is 21.9 Å². The second kappa shape index (κ2) is 8.43. The average molecular weight is 376 g/mol. The van der Waals surface area contributed by atoms with Crippen LogP contribution >= 0.6 is 11.6 Å². The van der Waals surface area contributed by atoms with E-state index < -0.39 is 0 Å². The molecule has 1 N–H and O–H groups in total. The van der Waals surface area contributed by atoms with Gasteiger partial charge in [-0.05, 0) is 43.3 Å². The van der Waals surface area contributed by atoms with Gasteiger partial charge in [-0.1, -0.05) is 48.5 Å². The SMILES string of the molecule is C=C/C(=C\C=C/C)C(=O)Nc1ccc(Cl)c(-c2cnc3ccccc3n2)c1. The zero-order valence-electron chi connectivity index (χ0n) is 14.8. The molecule has 27 heavy (non-hydrogen) atoms. The van der Waals surface area contributed by atoms with E-state index in [1.54, 1.807) is 36.5 Å². The number of allylic oxidation sites excluding steroid dienone is 3. The number of carbonyl (C=O) groups excluding carboxylic acids is 1. The molecule has 1 aromatic heterocycles. The molecule has 0 aliphatic heterocycles. The van der Waals surface area contributed by atoms with E-state index in [0.717, 1.165) is 11.0 Å². The van der Waals surface area contributed by atoms with Gasteiger partial charge in [-0.15, -0.1) is 0 Å². The highest BCUT2D eigenvalue weighted by Gasteiger charge is 2.11. The molecule has 1 heterocycles. The fraction of sp³-hybridized carbons (Fsp3) is 0.0455. The fourth-order valence-corrected chi connectivity index (χ4v) is 2.74. The van der Waals surface area contributed by atoms with E-state index in [9.17, 15) is 4.79 Å². The first kappa shape index (κ1) is 18.5. The minimum Gasteiger partial charge on any atom is -0.322 e. The second-order valence-electron chi connectivity index (χ2n) is 5.74. The van der Waals surface area contributed by atoms with Crippen molar-refractivity contribution in [2.45, 2.75) is 6.92 Å². The third kappa shape index (κ3) is 4.30. The van der Waals surface area contributed by atoms with Crippen molar-refractivity contribution in [1.82, 2.24) is 9.97 Å². The van der Waals surface area contributed by atoms with E-state index in [-0.39, 0.29) is 5.91 Å². The standard InChI is InChI=1S/C22H18ClN3O/c1-3-5-8-15(4-2)22(27)25-16-11-12-18(23)17(13-16)21-14-24-19-9-6-7-10-20(19)26-21/h3-14H,2H2,1H3,(H,25,27)/b5-3-,15-8+. The molecule has 2 aromatic carbocycles. The summed E-state index contributed by atoms with van der Waals surface area (Å²) in [7, 11) is 0. The maximum absolute atomic E-state index is 12.4. The lowest BCUT2D eigenvalue weighted by molar-refractivity contribution is -0.112. The molecular formula is C22H18ClN3O. The predicted molar refractivity (Wildman–Crippen MR) is 112 cm³/mol. The molecule has 0 saturated carbocycles. The maximum Gasteiger partial charge on any atom is 0.255 e. The number of benzene rings is 2. The summed E-state index contributed by atoms with van der Waals surface area (Å²) in [5.41, 5.74) is 4.02. The molecular weight excluding hydrogens is 358 g/mol. The van der Waals surface area contributed by atoms with Gasteiger partial charge in [0.05, 0.1) is 27.9 Å². The van der Waals surface area contributed by atoms with Crippen LogP contribution < -0.4 is 5.32 Å². The lowest BCUT2D eigenvalue weighted by atomic mass is 10.1. The number of anilines is 1. The number of aromatic nitrogens is 2. The van der Waals surface area contributed by atoms with Gasteiger partial charge in [0.2, 0.25) is 0 Å². The molecule has 0 aliphatic carbocycles. The summed E-state index contributed by atoms with van der Waals surface area (Å²) in [6.45, 7) is 5.56. The fourth-order valence-electron chi connectivity index (χ4n) is 2.53. The number of nitrogens with zero attached hydrogens (tertiary/aromatic N) is 2. The summed E-state index contributed by atoms with van der Waals surface area (Å²) in [5, 5.41) is 3.39. The number of amides is 1. The van der Waals surface area contributed by atoms with Crippen LogP contribution in [-0.2, 0) is 4.79 Å². The molecule has 0 fully saturated rings. The van der Waals surface area contributed by atoms with E-state index in [1.165, 1.54) is 6.08 Å². The third-order valence-electron chi connectivity index (χ3n) is 3.90. The highest BCUT2D eigenvalue weighted by Crippen LogP contribution is 2.30. The molecule has 3 aromatic rings. The van der Waals surface area contributed by atoms with Gasteiger partial charge >= 0.3 is 0 Å². The summed E-state index contributed by atoms with van der Waals surface area (Å²) < 4.78 is 0. The summed E-state index contributed by atoms with van der Waals surface area (Å²) in [4.78, 5) is 21.5. The number of hydrogen-bond acceptors (Lipinski definition) is 3. The molecule has 0 spiro atoms. The van der Waals surface area contributed by atoms with Crippen molar-refractivity contribution in [1.29, 1.82) is 0 Å². The van der Waals surface area contributed by atoms with Gasteiger partial charge in [0.25, 0.3) is 5.91 Å². The first-order valence-electron chi connectivity index (χ1n) is 8.41. The number of carbonyl (C=O) groups is 1. The normalized spacial score (nSPS) is 11.7. The highest BCUT2D eigenvalue weighted by atomic mass is 35.5. The molecule has 4 nitrogen and oxygen atoms in total. The summed E-state index contributed by atoms with van der Waals surface area (Å²) in [6, 6.07) is 12.9. The van der Waals surface area contributed by atoms with Crippen LogP contribution in [0.1, 0.15) is 6.92 Å². The Kier molecular flexibility index (Phi) is 5.79. The summed E-state index contributed by atoms with van der Waals surface area (Å²) in [5.74, 6) is -0.249. The van der Waals surface area contributed by atoms with Crippen LogP contribution in [0.25, 0.3) is 22.3 Å². The van der Waals surface area contributed by atoms with Crippen molar-refractivity contribution in [2.24, 2.45) is 0 Å². The number of para-hydroxylation sites is 2. The molecule has 0 atom stereocenters. The molecule has 0 aliphatic rings. The van der Waals surface area contributed by atoms with Crippen LogP contribution in [-0.4, -0.2) is 15.9 Å². The molecule has 0 unspecified atom stereocenters. The van der Waals surface area contributed by atoms with Gasteiger partial charge in [-0.25, -0.2) is 4.98 Å². The van der Waals surface area contributed by atoms with Crippen LogP contribution in [0.15, 0.2) is 85.1 Å². The zero-order valence-corrected chi connectivity index (χ0v) is 15.6. The number of fused-ring (bicyclic) bond motifs is 1. The highest BCUT2D eigenvalue weighted by molar-refractivity contribution is 6.33. The number of nitrogens with one attached hydrogen (secondary N) is 1. The Bertz CT molecular complexity index is 1070. The lowest BCUT2D eigenvalue weighted by Crippen LogP contribution is -2.13. The maximum atomic E-state index is 12.4. The van der Waals surface area contributed by atoms with Crippen molar-refractivity contribution in [2.75, 3.05) is 5.32 Å². The Balaban J connectivity index is 1.94. The van der Waals surface area contributed by atoms with Crippen molar-refractivity contribution in [3.05, 3.63) is 90.1 Å². The van der Waals surface area contributed by atoms with Crippen molar-refractivity contribution >= 4 is 34.2 Å². The molecule has 134 valence electrons. The van der Waals surface area contributed by atoms with Crippen molar-refractivity contribution in [3.8, 4) is 11.3 Å². The molecule has 3 rings (SSSR count). The summed E-state index contributed by atoms with van der Waals surface area (Å²) in [6.07, 6.45) is 8.52. The average Bonchev–Trinajstić information content (AvgIpc) is 2.69. The van der Waals surface area contributed by atoms with Gasteiger partial charge in [0.1, 0.15) is 0 Å². The van der Waals surface area contributed by atoms with Crippen LogP contribution in [0.2, 0.25) is 5.02 Å². The summed E-state index contributed by atoms with van der Waals surface area (Å²) >= 11 is 6.36. The molecule has 1 amide bonds. The minimum absolute atomic E-state index is 0.249. The van der Waals surface area contributed by atoms with E-state index in [0.29, 0.717) is 27.5 Å². The molecule has 5 heteroatoms. The molecule has 0 radical (unpaired) electrons. The zero-order chi connectivity index (χ0) is 19.2. The van der Waals surface area contributed by atoms with Crippen LogP contribution in [0.3, 0.4) is 0 Å². The van der Waals surface area contributed by atoms with Gasteiger partial charge in [0.15, 0.2) is 0 Å². The van der Waals surface area contributed by atoms with Crippen LogP contribution in [0.5, 0.6) is 0 Å². The monoisotopic (exact) mass is 375 g/mol. The Morgan fingerprint density at radius 1 is 1.19 bits per heavy atom. The van der Waals surface area contributed by atoms with Crippen LogP contribution in [0.4, 0.5) is 5.69 Å².